The fourth-order valence-electron chi connectivity index (χ4n) is 2.12. The normalized spacial score (nSPS) is 13.4. The van der Waals surface area contributed by atoms with Crippen LogP contribution in [0.1, 0.15) is 10.4 Å². The first kappa shape index (κ1) is 15.9. The number of amides is 1. The van der Waals surface area contributed by atoms with Gasteiger partial charge in [-0.1, -0.05) is 0 Å². The lowest BCUT2D eigenvalue weighted by Gasteiger charge is -2.13. The summed E-state index contributed by atoms with van der Waals surface area (Å²) in [5.74, 6) is 1.19. The Morgan fingerprint density at radius 1 is 1.33 bits per heavy atom. The lowest BCUT2D eigenvalue weighted by Crippen LogP contribution is -2.37. The van der Waals surface area contributed by atoms with Crippen LogP contribution in [0.3, 0.4) is 0 Å². The molecule has 3 N–H and O–H groups in total. The second kappa shape index (κ2) is 7.05. The molecule has 1 aromatic heterocycles. The maximum atomic E-state index is 11.9. The van der Waals surface area contributed by atoms with Gasteiger partial charge in [-0.15, -0.1) is 0 Å². The van der Waals surface area contributed by atoms with Crippen LogP contribution in [0.15, 0.2) is 41.3 Å². The second-order valence-corrected chi connectivity index (χ2v) is 5.10. The van der Waals surface area contributed by atoms with Crippen LogP contribution in [-0.4, -0.2) is 42.0 Å². The van der Waals surface area contributed by atoms with Gasteiger partial charge in [0.25, 0.3) is 11.5 Å². The fourth-order valence-corrected chi connectivity index (χ4v) is 2.12. The lowest BCUT2D eigenvalue weighted by atomic mass is 10.2. The van der Waals surface area contributed by atoms with E-state index in [1.54, 1.807) is 24.3 Å². The Morgan fingerprint density at radius 3 is 3.00 bits per heavy atom. The van der Waals surface area contributed by atoms with Crippen molar-refractivity contribution in [1.82, 2.24) is 10.3 Å². The van der Waals surface area contributed by atoms with Gasteiger partial charge in [-0.2, -0.15) is 0 Å². The molecule has 0 radical (unpaired) electrons. The summed E-state index contributed by atoms with van der Waals surface area (Å²) in [6.07, 6.45) is 0.509. The van der Waals surface area contributed by atoms with Gasteiger partial charge in [-0.05, 0) is 24.3 Å². The SMILES string of the molecule is O=C(NCC(O)COc1ccc2c(c1)OCO2)c1ccc[nH]c1=O. The Morgan fingerprint density at radius 2 is 2.17 bits per heavy atom. The van der Waals surface area contributed by atoms with E-state index in [9.17, 15) is 14.7 Å². The number of aromatic nitrogens is 1. The second-order valence-electron chi connectivity index (χ2n) is 5.10. The summed E-state index contributed by atoms with van der Waals surface area (Å²) < 4.78 is 15.9. The molecule has 8 heteroatoms. The van der Waals surface area contributed by atoms with Gasteiger partial charge in [-0.25, -0.2) is 0 Å². The van der Waals surface area contributed by atoms with Crippen LogP contribution >= 0.6 is 0 Å². The number of rotatable bonds is 6. The summed E-state index contributed by atoms with van der Waals surface area (Å²) in [7, 11) is 0. The molecule has 0 spiro atoms. The molecule has 0 bridgehead atoms. The highest BCUT2D eigenvalue weighted by Crippen LogP contribution is 2.35. The smallest absolute Gasteiger partial charge is 0.260 e. The fraction of sp³-hybridized carbons (Fsp3) is 0.250. The predicted molar refractivity (Wildman–Crippen MR) is 83.5 cm³/mol. The highest BCUT2D eigenvalue weighted by Gasteiger charge is 2.15. The average Bonchev–Trinajstić information content (AvgIpc) is 3.06. The molecule has 1 aliphatic rings. The number of aliphatic hydroxyl groups excluding tert-OH is 1. The Balaban J connectivity index is 1.48. The molecule has 1 atom stereocenters. The number of aromatic amines is 1. The standard InChI is InChI=1S/C16H16N2O6/c19-10(7-18-16(21)12-2-1-5-17-15(12)20)8-22-11-3-4-13-14(6-11)24-9-23-13/h1-6,10,19H,7-9H2,(H,17,20)(H,18,21). The maximum absolute atomic E-state index is 11.9. The minimum absolute atomic E-state index is 0.0126. The van der Waals surface area contributed by atoms with E-state index in [2.05, 4.69) is 10.3 Å². The summed E-state index contributed by atoms with van der Waals surface area (Å²) in [5, 5.41) is 12.4. The molecular weight excluding hydrogens is 316 g/mol. The van der Waals surface area contributed by atoms with E-state index in [0.29, 0.717) is 17.2 Å². The Hall–Kier alpha value is -3.00. The van der Waals surface area contributed by atoms with E-state index >= 15 is 0 Å². The summed E-state index contributed by atoms with van der Waals surface area (Å²) in [5.41, 5.74) is -0.498. The number of pyridine rings is 1. The minimum atomic E-state index is -0.929. The van der Waals surface area contributed by atoms with Crippen LogP contribution in [0.5, 0.6) is 17.2 Å². The van der Waals surface area contributed by atoms with Crippen LogP contribution in [0.2, 0.25) is 0 Å². The molecule has 1 aliphatic heterocycles. The molecule has 1 unspecified atom stereocenters. The third kappa shape index (κ3) is 3.66. The van der Waals surface area contributed by atoms with Crippen molar-refractivity contribution in [2.24, 2.45) is 0 Å². The molecule has 3 rings (SSSR count). The largest absolute Gasteiger partial charge is 0.491 e. The summed E-state index contributed by atoms with van der Waals surface area (Å²) in [4.78, 5) is 25.8. The molecule has 0 fully saturated rings. The van der Waals surface area contributed by atoms with Gasteiger partial charge in [0, 0.05) is 18.8 Å². The molecule has 0 saturated carbocycles. The van der Waals surface area contributed by atoms with Gasteiger partial charge >= 0.3 is 0 Å². The predicted octanol–water partition coefficient (Wildman–Crippen LogP) is 0.273. The van der Waals surface area contributed by atoms with Gasteiger partial charge in [0.05, 0.1) is 0 Å². The zero-order chi connectivity index (χ0) is 16.9. The van der Waals surface area contributed by atoms with E-state index in [4.69, 9.17) is 14.2 Å². The molecule has 0 aliphatic carbocycles. The molecule has 2 heterocycles. The zero-order valence-electron chi connectivity index (χ0n) is 12.7. The van der Waals surface area contributed by atoms with Gasteiger partial charge in [0.1, 0.15) is 24.0 Å². The first-order chi connectivity index (χ1) is 11.6. The quantitative estimate of drug-likeness (QED) is 0.701. The van der Waals surface area contributed by atoms with Gasteiger partial charge < -0.3 is 29.6 Å². The number of hydrogen-bond acceptors (Lipinski definition) is 6. The number of carbonyl (C=O) groups is 1. The Bertz CT molecular complexity index is 788. The van der Waals surface area contributed by atoms with Crippen molar-refractivity contribution in [2.75, 3.05) is 19.9 Å². The minimum Gasteiger partial charge on any atom is -0.491 e. The first-order valence-corrected chi connectivity index (χ1v) is 7.30. The number of aliphatic hydroxyl groups is 1. The van der Waals surface area contributed by atoms with Crippen LogP contribution in [0, 0.1) is 0 Å². The van der Waals surface area contributed by atoms with Gasteiger partial charge in [0.2, 0.25) is 6.79 Å². The van der Waals surface area contributed by atoms with Crippen LogP contribution in [-0.2, 0) is 0 Å². The van der Waals surface area contributed by atoms with Crippen LogP contribution in [0.4, 0.5) is 0 Å². The molecule has 126 valence electrons. The number of ether oxygens (including phenoxy) is 3. The van der Waals surface area contributed by atoms with Gasteiger partial charge in [0.15, 0.2) is 11.5 Å². The molecule has 1 amide bonds. The van der Waals surface area contributed by atoms with E-state index in [1.807, 2.05) is 0 Å². The number of fused-ring (bicyclic) bond motifs is 1. The van der Waals surface area contributed by atoms with Crippen LogP contribution < -0.4 is 25.1 Å². The third-order valence-electron chi connectivity index (χ3n) is 3.35. The van der Waals surface area contributed by atoms with Crippen molar-refractivity contribution >= 4 is 5.91 Å². The number of H-pyrrole nitrogens is 1. The highest BCUT2D eigenvalue weighted by molar-refractivity contribution is 5.93. The zero-order valence-corrected chi connectivity index (χ0v) is 12.7. The van der Waals surface area contributed by atoms with Crippen molar-refractivity contribution < 1.29 is 24.1 Å². The van der Waals surface area contributed by atoms with E-state index in [-0.39, 0.29) is 25.5 Å². The molecular formula is C16H16N2O6. The Kier molecular flexibility index (Phi) is 4.66. The average molecular weight is 332 g/mol. The monoisotopic (exact) mass is 332 g/mol. The first-order valence-electron chi connectivity index (χ1n) is 7.30. The van der Waals surface area contributed by atoms with Crippen molar-refractivity contribution in [3.05, 3.63) is 52.4 Å². The molecule has 24 heavy (non-hydrogen) atoms. The molecule has 8 nitrogen and oxygen atoms in total. The van der Waals surface area contributed by atoms with Crippen LogP contribution in [0.25, 0.3) is 0 Å². The van der Waals surface area contributed by atoms with Crippen molar-refractivity contribution in [3.8, 4) is 17.2 Å². The molecule has 2 aromatic rings. The summed E-state index contributed by atoms with van der Waals surface area (Å²) in [6, 6.07) is 8.03. The summed E-state index contributed by atoms with van der Waals surface area (Å²) >= 11 is 0. The van der Waals surface area contributed by atoms with Crippen molar-refractivity contribution in [3.63, 3.8) is 0 Å². The van der Waals surface area contributed by atoms with E-state index < -0.39 is 17.6 Å². The number of carbonyl (C=O) groups excluding carboxylic acids is 1. The lowest BCUT2D eigenvalue weighted by molar-refractivity contribution is 0.0842. The maximum Gasteiger partial charge on any atom is 0.260 e. The van der Waals surface area contributed by atoms with E-state index in [1.165, 1.54) is 12.3 Å². The van der Waals surface area contributed by atoms with E-state index in [0.717, 1.165) is 0 Å². The summed E-state index contributed by atoms with van der Waals surface area (Å²) in [6.45, 7) is 0.106. The van der Waals surface area contributed by atoms with Crippen molar-refractivity contribution in [1.29, 1.82) is 0 Å². The molecule has 1 aromatic carbocycles. The number of benzene rings is 1. The van der Waals surface area contributed by atoms with Gasteiger partial charge in [-0.3, -0.25) is 9.59 Å². The van der Waals surface area contributed by atoms with Crippen molar-refractivity contribution in [2.45, 2.75) is 6.10 Å². The molecule has 0 saturated heterocycles. The number of hydrogen-bond donors (Lipinski definition) is 3. The third-order valence-corrected chi connectivity index (χ3v) is 3.35. The number of nitrogens with one attached hydrogen (secondary N) is 2. The highest BCUT2D eigenvalue weighted by atomic mass is 16.7. The Labute approximate surface area is 137 Å². The topological polar surface area (TPSA) is 110 Å².